The minimum absolute atomic E-state index is 0.00899. The van der Waals surface area contributed by atoms with Crippen LogP contribution in [0.5, 0.6) is 0 Å². The quantitative estimate of drug-likeness (QED) is 0.215. The van der Waals surface area contributed by atoms with Gasteiger partial charge in [0.1, 0.15) is 28.9 Å². The number of nitrogen functional groups attached to an aromatic ring is 1. The molecule has 1 aliphatic carbocycles. The molecule has 1 aromatic rings. The van der Waals surface area contributed by atoms with E-state index < -0.39 is 40.3 Å². The van der Waals surface area contributed by atoms with Crippen LogP contribution in [0.2, 0.25) is 0 Å². The lowest BCUT2D eigenvalue weighted by molar-refractivity contribution is -0.157. The van der Waals surface area contributed by atoms with Crippen molar-refractivity contribution in [3.63, 3.8) is 0 Å². The van der Waals surface area contributed by atoms with Gasteiger partial charge in [0, 0.05) is 11.1 Å². The number of nitrogens with two attached hydrogens (primary N) is 2. The predicted molar refractivity (Wildman–Crippen MR) is 115 cm³/mol. The average molecular weight is 481 g/mol. The number of fused-ring (bicyclic) bond motifs is 1. The Morgan fingerprint density at radius 2 is 2.16 bits per heavy atom. The zero-order valence-corrected chi connectivity index (χ0v) is 18.5. The van der Waals surface area contributed by atoms with E-state index in [1.807, 2.05) is 0 Å². The Morgan fingerprint density at radius 1 is 1.44 bits per heavy atom. The molecule has 2 atom stereocenters. The molecule has 14 heteroatoms. The smallest absolute Gasteiger partial charge is 0.353 e. The number of nitrogens with zero attached hydrogens (tertiary/aromatic N) is 3. The first kappa shape index (κ1) is 22.1. The van der Waals surface area contributed by atoms with Crippen molar-refractivity contribution in [2.24, 2.45) is 16.8 Å². The van der Waals surface area contributed by atoms with Crippen molar-refractivity contribution in [2.45, 2.75) is 30.7 Å². The summed E-state index contributed by atoms with van der Waals surface area (Å²) in [6.07, 6.45) is 2.07. The predicted octanol–water partition coefficient (Wildman–Crippen LogP) is -0.530. The van der Waals surface area contributed by atoms with Gasteiger partial charge in [-0.2, -0.15) is 0 Å². The van der Waals surface area contributed by atoms with Crippen LogP contribution in [0.3, 0.4) is 0 Å². The van der Waals surface area contributed by atoms with Crippen molar-refractivity contribution in [3.8, 4) is 0 Å². The Kier molecular flexibility index (Phi) is 5.58. The molecule has 3 heterocycles. The molecule has 0 spiro atoms. The highest BCUT2D eigenvalue weighted by Crippen LogP contribution is 2.46. The van der Waals surface area contributed by atoms with Crippen molar-refractivity contribution >= 4 is 57.6 Å². The number of rotatable bonds is 8. The van der Waals surface area contributed by atoms with Gasteiger partial charge in [0.05, 0.1) is 5.57 Å². The molecule has 4 rings (SSSR count). The van der Waals surface area contributed by atoms with Crippen LogP contribution in [0, 0.1) is 5.92 Å². The number of oxime groups is 1. The lowest BCUT2D eigenvalue weighted by Crippen LogP contribution is -2.79. The van der Waals surface area contributed by atoms with Crippen molar-refractivity contribution < 1.29 is 29.1 Å². The van der Waals surface area contributed by atoms with Crippen molar-refractivity contribution in [2.75, 3.05) is 18.1 Å². The number of anilines is 1. The number of carbonyl (C=O) groups is 4. The number of amides is 3. The number of thioether (sulfide) groups is 1. The molecule has 2 aliphatic heterocycles. The van der Waals surface area contributed by atoms with Crippen molar-refractivity contribution in [3.05, 3.63) is 22.3 Å². The van der Waals surface area contributed by atoms with Crippen LogP contribution in [-0.2, 0) is 24.0 Å². The summed E-state index contributed by atoms with van der Waals surface area (Å²) in [5.41, 5.74) is 8.94. The molecule has 32 heavy (non-hydrogen) atoms. The van der Waals surface area contributed by atoms with Crippen LogP contribution >= 0.6 is 23.1 Å². The highest BCUT2D eigenvalue weighted by atomic mass is 32.2. The Balaban J connectivity index is 1.57. The fourth-order valence-electron chi connectivity index (χ4n) is 3.41. The summed E-state index contributed by atoms with van der Waals surface area (Å²) in [5.74, 6) is -3.37. The van der Waals surface area contributed by atoms with Gasteiger partial charge in [-0.25, -0.2) is 9.78 Å². The molecular formula is C18H20N6O6S2. The number of hydrogen-bond donors (Lipinski definition) is 4. The highest BCUT2D eigenvalue weighted by molar-refractivity contribution is 8.00. The molecule has 170 valence electrons. The van der Waals surface area contributed by atoms with E-state index in [2.05, 4.69) is 15.5 Å². The summed E-state index contributed by atoms with van der Waals surface area (Å²) < 4.78 is 0. The third-order valence-electron chi connectivity index (χ3n) is 5.32. The van der Waals surface area contributed by atoms with Gasteiger partial charge >= 0.3 is 5.97 Å². The Labute approximate surface area is 190 Å². The SMILES string of the molecule is C[C@@]1(NC(=O)C(=NOCC2CC2)c2csc(N)n2)C(=O)N2C(C(=O)O)=C(C(N)=O)CS[C@@H]21. The van der Waals surface area contributed by atoms with E-state index in [1.54, 1.807) is 5.38 Å². The summed E-state index contributed by atoms with van der Waals surface area (Å²) >= 11 is 2.25. The third kappa shape index (κ3) is 3.79. The van der Waals surface area contributed by atoms with E-state index >= 15 is 0 Å². The second kappa shape index (κ2) is 8.09. The number of carbonyl (C=O) groups excluding carboxylic acids is 3. The Morgan fingerprint density at radius 3 is 2.72 bits per heavy atom. The first-order valence-corrected chi connectivity index (χ1v) is 11.5. The minimum Gasteiger partial charge on any atom is -0.477 e. The molecule has 0 radical (unpaired) electrons. The number of thiazole rings is 1. The van der Waals surface area contributed by atoms with E-state index in [9.17, 15) is 24.3 Å². The molecule has 0 aromatic carbocycles. The number of aromatic nitrogens is 1. The molecule has 1 aromatic heterocycles. The number of nitrogens with one attached hydrogen (secondary N) is 1. The van der Waals surface area contributed by atoms with E-state index in [0.717, 1.165) is 40.8 Å². The average Bonchev–Trinajstić information content (AvgIpc) is 3.47. The second-order valence-corrected chi connectivity index (χ2v) is 9.70. The van der Waals surface area contributed by atoms with Gasteiger partial charge in [-0.1, -0.05) is 5.16 Å². The van der Waals surface area contributed by atoms with Crippen LogP contribution < -0.4 is 16.8 Å². The number of aliphatic carboxylic acids is 1. The molecular weight excluding hydrogens is 460 g/mol. The summed E-state index contributed by atoms with van der Waals surface area (Å²) in [6.45, 7) is 1.84. The van der Waals surface area contributed by atoms with Gasteiger partial charge in [0.15, 0.2) is 10.8 Å². The molecule has 2 fully saturated rings. The van der Waals surface area contributed by atoms with E-state index in [1.165, 1.54) is 6.92 Å². The number of carboxylic acids is 1. The van der Waals surface area contributed by atoms with E-state index in [4.69, 9.17) is 16.3 Å². The van der Waals surface area contributed by atoms with Gasteiger partial charge in [0.2, 0.25) is 5.91 Å². The van der Waals surface area contributed by atoms with Gasteiger partial charge < -0.3 is 26.7 Å². The zero-order valence-electron chi connectivity index (χ0n) is 16.9. The molecule has 0 bridgehead atoms. The molecule has 0 unspecified atom stereocenters. The second-order valence-electron chi connectivity index (χ2n) is 7.74. The maximum Gasteiger partial charge on any atom is 0.353 e. The number of hydrogen-bond acceptors (Lipinski definition) is 10. The first-order chi connectivity index (χ1) is 15.1. The van der Waals surface area contributed by atoms with Gasteiger partial charge in [0.25, 0.3) is 11.8 Å². The molecule has 1 saturated carbocycles. The first-order valence-electron chi connectivity index (χ1n) is 9.58. The number of β-lactam (4-membered cyclic amide) rings is 1. The largest absolute Gasteiger partial charge is 0.477 e. The highest BCUT2D eigenvalue weighted by Gasteiger charge is 2.63. The Hall–Kier alpha value is -3.13. The zero-order chi connectivity index (χ0) is 23.2. The fourth-order valence-corrected chi connectivity index (χ4v) is 5.41. The maximum absolute atomic E-state index is 13.1. The summed E-state index contributed by atoms with van der Waals surface area (Å²) in [6, 6.07) is 0. The van der Waals surface area contributed by atoms with Gasteiger partial charge in [-0.05, 0) is 25.7 Å². The summed E-state index contributed by atoms with van der Waals surface area (Å²) in [4.78, 5) is 59.7. The molecule has 1 saturated heterocycles. The molecule has 3 aliphatic rings. The maximum atomic E-state index is 13.1. The summed E-state index contributed by atoms with van der Waals surface area (Å²) in [5, 5.41) is 17.1. The normalized spacial score (nSPS) is 25.2. The molecule has 6 N–H and O–H groups in total. The van der Waals surface area contributed by atoms with Gasteiger partial charge in [-0.3, -0.25) is 19.3 Å². The van der Waals surface area contributed by atoms with E-state index in [0.29, 0.717) is 12.5 Å². The summed E-state index contributed by atoms with van der Waals surface area (Å²) in [7, 11) is 0. The lowest BCUT2D eigenvalue weighted by Gasteiger charge is -2.55. The molecule has 3 amide bonds. The standard InChI is InChI=1S/C18H20N6O6S2/c1-18(15(29)24-11(14(27)28)8(12(19)25)5-31-16(18)24)22-13(26)10(9-6-32-17(20)21-9)23-30-4-7-2-3-7/h6-7,16H,2-5H2,1H3,(H2,19,25)(H2,20,21)(H,22,26)(H,27,28)/t16-,18-/m1/s1. The fraction of sp³-hybridized carbons (Fsp3) is 0.444. The van der Waals surface area contributed by atoms with Gasteiger partial charge in [-0.15, -0.1) is 23.1 Å². The monoisotopic (exact) mass is 480 g/mol. The van der Waals surface area contributed by atoms with Crippen molar-refractivity contribution in [1.82, 2.24) is 15.2 Å². The lowest BCUT2D eigenvalue weighted by atomic mass is 9.87. The minimum atomic E-state index is -1.44. The van der Waals surface area contributed by atoms with Crippen molar-refractivity contribution in [1.29, 1.82) is 0 Å². The van der Waals surface area contributed by atoms with Crippen LogP contribution in [0.1, 0.15) is 25.5 Å². The van der Waals surface area contributed by atoms with E-state index in [-0.39, 0.29) is 27.9 Å². The van der Waals surface area contributed by atoms with Crippen LogP contribution in [0.25, 0.3) is 0 Å². The number of primary amides is 1. The molecule has 12 nitrogen and oxygen atoms in total. The van der Waals surface area contributed by atoms with Crippen LogP contribution in [0.4, 0.5) is 5.13 Å². The Bertz CT molecular complexity index is 1080. The third-order valence-corrected chi connectivity index (χ3v) is 7.45. The number of carboxylic acid groups (broad SMARTS) is 1. The topological polar surface area (TPSA) is 190 Å². The van der Waals surface area contributed by atoms with Crippen LogP contribution in [0.15, 0.2) is 21.8 Å². The van der Waals surface area contributed by atoms with Crippen LogP contribution in [-0.4, -0.2) is 67.7 Å².